The molecule has 1 unspecified atom stereocenters. The highest BCUT2D eigenvalue weighted by molar-refractivity contribution is 7.89. The summed E-state index contributed by atoms with van der Waals surface area (Å²) in [7, 11) is -1.75. The Morgan fingerprint density at radius 3 is 2.43 bits per heavy atom. The van der Waals surface area contributed by atoms with Gasteiger partial charge in [-0.3, -0.25) is 0 Å². The van der Waals surface area contributed by atoms with Gasteiger partial charge in [0.2, 0.25) is 10.0 Å². The van der Waals surface area contributed by atoms with Crippen molar-refractivity contribution in [3.05, 3.63) is 0 Å². The second kappa shape index (κ2) is 6.61. The predicted molar refractivity (Wildman–Crippen MR) is 58.1 cm³/mol. The van der Waals surface area contributed by atoms with Crippen molar-refractivity contribution in [2.45, 2.75) is 25.8 Å². The quantitative estimate of drug-likeness (QED) is 0.528. The van der Waals surface area contributed by atoms with E-state index in [1.165, 1.54) is 11.4 Å². The SMILES string of the molecule is CC(CO)N(C)S(=O)(=O)CCCCCl. The maximum atomic E-state index is 11.6. The molecule has 0 saturated heterocycles. The average Bonchev–Trinajstić information content (AvgIpc) is 2.15. The van der Waals surface area contributed by atoms with Gasteiger partial charge < -0.3 is 5.11 Å². The number of aliphatic hydroxyl groups excluding tert-OH is 1. The highest BCUT2D eigenvalue weighted by Gasteiger charge is 2.21. The number of likely N-dealkylation sites (N-methyl/N-ethyl adjacent to an activating group) is 1. The van der Waals surface area contributed by atoms with Crippen LogP contribution in [-0.4, -0.2) is 49.2 Å². The monoisotopic (exact) mass is 243 g/mol. The topological polar surface area (TPSA) is 57.6 Å². The number of hydrogen-bond acceptors (Lipinski definition) is 3. The van der Waals surface area contributed by atoms with E-state index in [4.69, 9.17) is 16.7 Å². The lowest BCUT2D eigenvalue weighted by molar-refractivity contribution is 0.214. The largest absolute Gasteiger partial charge is 0.395 e. The predicted octanol–water partition coefficient (Wildman–Crippen LogP) is 0.648. The molecule has 1 atom stereocenters. The van der Waals surface area contributed by atoms with E-state index < -0.39 is 10.0 Å². The Kier molecular flexibility index (Phi) is 6.68. The maximum Gasteiger partial charge on any atom is 0.214 e. The third-order valence-corrected chi connectivity index (χ3v) is 4.42. The van der Waals surface area contributed by atoms with Gasteiger partial charge in [0.1, 0.15) is 0 Å². The van der Waals surface area contributed by atoms with Crippen molar-refractivity contribution in [3.8, 4) is 0 Å². The number of nitrogens with zero attached hydrogens (tertiary/aromatic N) is 1. The molecule has 86 valence electrons. The van der Waals surface area contributed by atoms with Gasteiger partial charge in [0.15, 0.2) is 0 Å². The van der Waals surface area contributed by atoms with E-state index in [1.54, 1.807) is 6.92 Å². The van der Waals surface area contributed by atoms with Crippen LogP contribution < -0.4 is 0 Å². The van der Waals surface area contributed by atoms with Gasteiger partial charge in [0, 0.05) is 19.0 Å². The van der Waals surface area contributed by atoms with Crippen LogP contribution in [0.15, 0.2) is 0 Å². The van der Waals surface area contributed by atoms with E-state index in [1.807, 2.05) is 0 Å². The van der Waals surface area contributed by atoms with Crippen LogP contribution in [0, 0.1) is 0 Å². The molecule has 0 aromatic heterocycles. The molecule has 0 saturated carbocycles. The van der Waals surface area contributed by atoms with Gasteiger partial charge in [-0.05, 0) is 19.8 Å². The first-order valence-corrected chi connectivity index (χ1v) is 6.72. The normalized spacial score (nSPS) is 14.6. The van der Waals surface area contributed by atoms with Gasteiger partial charge >= 0.3 is 0 Å². The molecule has 0 fully saturated rings. The summed E-state index contributed by atoms with van der Waals surface area (Å²) < 4.78 is 24.4. The summed E-state index contributed by atoms with van der Waals surface area (Å²) in [6.07, 6.45) is 1.26. The van der Waals surface area contributed by atoms with Crippen molar-refractivity contribution in [3.63, 3.8) is 0 Å². The molecular weight excluding hydrogens is 226 g/mol. The summed E-state index contributed by atoms with van der Waals surface area (Å²) in [5, 5.41) is 8.81. The van der Waals surface area contributed by atoms with Crippen LogP contribution in [0.3, 0.4) is 0 Å². The highest BCUT2D eigenvalue weighted by atomic mass is 35.5. The second-order valence-corrected chi connectivity index (χ2v) is 5.79. The van der Waals surface area contributed by atoms with E-state index in [0.717, 1.165) is 0 Å². The van der Waals surface area contributed by atoms with Crippen LogP contribution in [0.2, 0.25) is 0 Å². The highest BCUT2D eigenvalue weighted by Crippen LogP contribution is 2.07. The molecule has 0 spiro atoms. The van der Waals surface area contributed by atoms with Crippen molar-refractivity contribution in [2.75, 3.05) is 25.3 Å². The van der Waals surface area contributed by atoms with Crippen molar-refractivity contribution in [2.24, 2.45) is 0 Å². The van der Waals surface area contributed by atoms with Crippen LogP contribution in [-0.2, 0) is 10.0 Å². The zero-order valence-electron chi connectivity index (χ0n) is 8.61. The molecule has 0 heterocycles. The van der Waals surface area contributed by atoms with Crippen LogP contribution in [0.5, 0.6) is 0 Å². The van der Waals surface area contributed by atoms with E-state index in [0.29, 0.717) is 18.7 Å². The molecular formula is C8H18ClNO3S. The Morgan fingerprint density at radius 1 is 1.43 bits per heavy atom. The first-order chi connectivity index (χ1) is 6.45. The molecule has 4 nitrogen and oxygen atoms in total. The fraction of sp³-hybridized carbons (Fsp3) is 1.00. The standard InChI is InChI=1S/C8H18ClNO3S/c1-8(7-11)10(2)14(12,13)6-4-3-5-9/h8,11H,3-7H2,1-2H3. The molecule has 6 heteroatoms. The summed E-state index contributed by atoms with van der Waals surface area (Å²) in [6.45, 7) is 1.50. The van der Waals surface area contributed by atoms with E-state index in [-0.39, 0.29) is 18.4 Å². The smallest absolute Gasteiger partial charge is 0.214 e. The van der Waals surface area contributed by atoms with E-state index in [9.17, 15) is 8.42 Å². The number of aliphatic hydroxyl groups is 1. The van der Waals surface area contributed by atoms with Gasteiger partial charge in [-0.15, -0.1) is 11.6 Å². The molecule has 1 N–H and O–H groups in total. The number of sulfonamides is 1. The Hall–Kier alpha value is 0.160. The van der Waals surface area contributed by atoms with Gasteiger partial charge in [-0.1, -0.05) is 0 Å². The van der Waals surface area contributed by atoms with E-state index >= 15 is 0 Å². The minimum atomic E-state index is -3.23. The van der Waals surface area contributed by atoms with Crippen molar-refractivity contribution < 1.29 is 13.5 Å². The van der Waals surface area contributed by atoms with Crippen molar-refractivity contribution >= 4 is 21.6 Å². The average molecular weight is 244 g/mol. The zero-order valence-corrected chi connectivity index (χ0v) is 10.2. The lowest BCUT2D eigenvalue weighted by atomic mass is 10.4. The first-order valence-electron chi connectivity index (χ1n) is 4.58. The Balaban J connectivity index is 4.17. The maximum absolute atomic E-state index is 11.6. The molecule has 14 heavy (non-hydrogen) atoms. The Labute approximate surface area is 90.9 Å². The number of halogens is 1. The van der Waals surface area contributed by atoms with Crippen LogP contribution in [0.1, 0.15) is 19.8 Å². The Morgan fingerprint density at radius 2 is 2.00 bits per heavy atom. The van der Waals surface area contributed by atoms with Gasteiger partial charge in [0.05, 0.1) is 12.4 Å². The summed E-state index contributed by atoms with van der Waals surface area (Å²) in [5.41, 5.74) is 0. The van der Waals surface area contributed by atoms with Crippen molar-refractivity contribution in [1.82, 2.24) is 4.31 Å². The second-order valence-electron chi connectivity index (χ2n) is 3.26. The molecule has 0 amide bonds. The summed E-state index contributed by atoms with van der Waals surface area (Å²) in [5.74, 6) is 0.579. The summed E-state index contributed by atoms with van der Waals surface area (Å²) in [4.78, 5) is 0. The van der Waals surface area contributed by atoms with Gasteiger partial charge in [-0.2, -0.15) is 4.31 Å². The summed E-state index contributed by atoms with van der Waals surface area (Å²) in [6, 6.07) is -0.365. The fourth-order valence-corrected chi connectivity index (χ4v) is 2.57. The first kappa shape index (κ1) is 14.2. The van der Waals surface area contributed by atoms with Crippen molar-refractivity contribution in [1.29, 1.82) is 0 Å². The molecule has 0 aliphatic carbocycles. The minimum Gasteiger partial charge on any atom is -0.395 e. The van der Waals surface area contributed by atoms with Crippen LogP contribution >= 0.6 is 11.6 Å². The zero-order chi connectivity index (χ0) is 11.2. The minimum absolute atomic E-state index is 0.0978. The van der Waals surface area contributed by atoms with Crippen LogP contribution in [0.25, 0.3) is 0 Å². The summed E-state index contributed by atoms with van der Waals surface area (Å²) >= 11 is 5.45. The molecule has 0 aromatic carbocycles. The number of unbranched alkanes of at least 4 members (excludes halogenated alkanes) is 1. The molecule has 0 bridgehead atoms. The van der Waals surface area contributed by atoms with Crippen LogP contribution in [0.4, 0.5) is 0 Å². The molecule has 0 rings (SSSR count). The van der Waals surface area contributed by atoms with Gasteiger partial charge in [-0.25, -0.2) is 8.42 Å². The lowest BCUT2D eigenvalue weighted by Gasteiger charge is -2.22. The molecule has 0 aromatic rings. The molecule has 0 aliphatic heterocycles. The third-order valence-electron chi connectivity index (χ3n) is 2.11. The molecule has 0 radical (unpaired) electrons. The Bertz CT molecular complexity index is 243. The lowest BCUT2D eigenvalue weighted by Crippen LogP contribution is -2.38. The third kappa shape index (κ3) is 4.59. The fourth-order valence-electron chi connectivity index (χ4n) is 0.912. The molecule has 0 aliphatic rings. The van der Waals surface area contributed by atoms with Gasteiger partial charge in [0.25, 0.3) is 0 Å². The number of rotatable bonds is 7. The van der Waals surface area contributed by atoms with E-state index in [2.05, 4.69) is 0 Å². The number of alkyl halides is 1. The number of hydrogen-bond donors (Lipinski definition) is 1.